The number of rotatable bonds is 1. The maximum atomic E-state index is 12.4. The molecule has 7 heteroatoms. The van der Waals surface area contributed by atoms with Crippen LogP contribution in [0.2, 0.25) is 0 Å². The summed E-state index contributed by atoms with van der Waals surface area (Å²) in [6, 6.07) is 4.34. The highest BCUT2D eigenvalue weighted by Gasteiger charge is 2.15. The van der Waals surface area contributed by atoms with Crippen LogP contribution in [-0.4, -0.2) is 25.5 Å². The number of phenolic OH excluding ortho intramolecular Hbond substituents is 5. The van der Waals surface area contributed by atoms with Gasteiger partial charge in [0.05, 0.1) is 10.9 Å². The van der Waals surface area contributed by atoms with Crippen molar-refractivity contribution in [3.63, 3.8) is 0 Å². The van der Waals surface area contributed by atoms with Gasteiger partial charge in [-0.05, 0) is 23.8 Å². The molecule has 3 rings (SSSR count). The molecule has 22 heavy (non-hydrogen) atoms. The molecular weight excluding hydrogens is 292 g/mol. The summed E-state index contributed by atoms with van der Waals surface area (Å²) in [5.41, 5.74) is -0.350. The molecular formula is C15H10O7. The molecule has 2 aromatic carbocycles. The first-order valence-electron chi connectivity index (χ1n) is 6.11. The normalized spacial score (nSPS) is 10.9. The van der Waals surface area contributed by atoms with E-state index in [1.165, 1.54) is 0 Å². The first kappa shape index (κ1) is 13.6. The largest absolute Gasteiger partial charge is 0.504 e. The van der Waals surface area contributed by atoms with Crippen molar-refractivity contribution in [2.24, 2.45) is 0 Å². The van der Waals surface area contributed by atoms with Gasteiger partial charge in [0.1, 0.15) is 11.8 Å². The lowest BCUT2D eigenvalue weighted by Crippen LogP contribution is -2.04. The van der Waals surface area contributed by atoms with E-state index in [9.17, 15) is 30.3 Å². The van der Waals surface area contributed by atoms with Crippen molar-refractivity contribution in [3.05, 3.63) is 40.8 Å². The zero-order valence-corrected chi connectivity index (χ0v) is 10.9. The molecule has 3 aromatic rings. The third-order valence-corrected chi connectivity index (χ3v) is 3.25. The van der Waals surface area contributed by atoms with E-state index in [-0.39, 0.29) is 22.1 Å². The van der Waals surface area contributed by atoms with E-state index in [1.807, 2.05) is 0 Å². The number of hydrogen-bond acceptors (Lipinski definition) is 7. The lowest BCUT2D eigenvalue weighted by molar-refractivity contribution is 0.368. The summed E-state index contributed by atoms with van der Waals surface area (Å²) in [7, 11) is 0. The molecule has 112 valence electrons. The van der Waals surface area contributed by atoms with Gasteiger partial charge < -0.3 is 29.9 Å². The Kier molecular flexibility index (Phi) is 2.84. The Morgan fingerprint density at radius 1 is 0.773 bits per heavy atom. The second-order valence-electron chi connectivity index (χ2n) is 4.68. The van der Waals surface area contributed by atoms with E-state index in [2.05, 4.69) is 0 Å². The van der Waals surface area contributed by atoms with E-state index in [1.54, 1.807) is 0 Å². The summed E-state index contributed by atoms with van der Waals surface area (Å²) in [6.07, 6.45) is 1.09. The lowest BCUT2D eigenvalue weighted by Gasteiger charge is -2.07. The van der Waals surface area contributed by atoms with Crippen LogP contribution in [-0.2, 0) is 0 Å². The molecule has 7 nitrogen and oxygen atoms in total. The number of hydrogen-bond donors (Lipinski definition) is 5. The van der Waals surface area contributed by atoms with E-state index in [0.29, 0.717) is 0 Å². The van der Waals surface area contributed by atoms with Gasteiger partial charge in [-0.2, -0.15) is 0 Å². The molecule has 0 spiro atoms. The fourth-order valence-corrected chi connectivity index (χ4v) is 2.11. The SMILES string of the molecule is O=c1c(-c2cc(O)c(O)c(O)c2)coc2cc(O)c(O)cc12. The minimum atomic E-state index is -0.698. The van der Waals surface area contributed by atoms with Crippen molar-refractivity contribution in [2.45, 2.75) is 0 Å². The lowest BCUT2D eigenvalue weighted by atomic mass is 10.0. The maximum Gasteiger partial charge on any atom is 0.200 e. The van der Waals surface area contributed by atoms with Crippen LogP contribution in [0.15, 0.2) is 39.7 Å². The number of benzene rings is 2. The van der Waals surface area contributed by atoms with Gasteiger partial charge in [-0.3, -0.25) is 4.79 Å². The average molecular weight is 302 g/mol. The van der Waals surface area contributed by atoms with Crippen LogP contribution in [0, 0.1) is 0 Å². The minimum absolute atomic E-state index is 0.00295. The fraction of sp³-hybridized carbons (Fsp3) is 0. The van der Waals surface area contributed by atoms with Crippen LogP contribution < -0.4 is 5.43 Å². The van der Waals surface area contributed by atoms with Gasteiger partial charge in [-0.1, -0.05) is 0 Å². The Morgan fingerprint density at radius 2 is 1.36 bits per heavy atom. The van der Waals surface area contributed by atoms with Gasteiger partial charge in [0.25, 0.3) is 0 Å². The third kappa shape index (κ3) is 1.96. The molecule has 1 aromatic heterocycles. The van der Waals surface area contributed by atoms with Gasteiger partial charge in [0.2, 0.25) is 5.43 Å². The molecule has 5 N–H and O–H groups in total. The monoisotopic (exact) mass is 302 g/mol. The minimum Gasteiger partial charge on any atom is -0.504 e. The van der Waals surface area contributed by atoms with Gasteiger partial charge in [0.15, 0.2) is 28.7 Å². The Bertz CT molecular complexity index is 933. The summed E-state index contributed by atoms with van der Waals surface area (Å²) in [5, 5.41) is 47.2. The molecule has 0 bridgehead atoms. The fourth-order valence-electron chi connectivity index (χ4n) is 2.11. The van der Waals surface area contributed by atoms with Crippen molar-refractivity contribution in [1.82, 2.24) is 0 Å². The van der Waals surface area contributed by atoms with Crippen LogP contribution in [0.3, 0.4) is 0 Å². The molecule has 0 radical (unpaired) electrons. The van der Waals surface area contributed by atoms with Crippen molar-refractivity contribution in [2.75, 3.05) is 0 Å². The van der Waals surface area contributed by atoms with Crippen LogP contribution in [0.1, 0.15) is 0 Å². The Balaban J connectivity index is 2.31. The van der Waals surface area contributed by atoms with E-state index in [4.69, 9.17) is 4.42 Å². The second kappa shape index (κ2) is 4.59. The second-order valence-corrected chi connectivity index (χ2v) is 4.68. The standard InChI is InChI=1S/C15H10O7/c16-9-3-7-13(4-10(9)17)22-5-8(14(7)20)6-1-11(18)15(21)12(19)2-6/h1-5,16-19,21H. The summed E-state index contributed by atoms with van der Waals surface area (Å²) < 4.78 is 5.23. The van der Waals surface area contributed by atoms with Gasteiger partial charge >= 0.3 is 0 Å². The summed E-state index contributed by atoms with van der Waals surface area (Å²) >= 11 is 0. The highest BCUT2D eigenvalue weighted by molar-refractivity contribution is 5.85. The zero-order valence-electron chi connectivity index (χ0n) is 10.9. The molecule has 0 aliphatic carbocycles. The summed E-state index contributed by atoms with van der Waals surface area (Å²) in [6.45, 7) is 0. The molecule has 0 aliphatic rings. The quantitative estimate of drug-likeness (QED) is 0.434. The van der Waals surface area contributed by atoms with Crippen LogP contribution in [0.5, 0.6) is 28.7 Å². The Morgan fingerprint density at radius 3 is 2.00 bits per heavy atom. The summed E-state index contributed by atoms with van der Waals surface area (Å²) in [4.78, 5) is 12.4. The van der Waals surface area contributed by atoms with Gasteiger partial charge in [-0.25, -0.2) is 0 Å². The van der Waals surface area contributed by atoms with Crippen LogP contribution in [0.25, 0.3) is 22.1 Å². The highest BCUT2D eigenvalue weighted by Crippen LogP contribution is 2.38. The predicted octanol–water partition coefficient (Wildman–Crippen LogP) is 1.99. The van der Waals surface area contributed by atoms with Crippen molar-refractivity contribution < 1.29 is 29.9 Å². The third-order valence-electron chi connectivity index (χ3n) is 3.25. The van der Waals surface area contributed by atoms with Crippen molar-refractivity contribution >= 4 is 11.0 Å². The Hall–Kier alpha value is -3.35. The molecule has 0 saturated carbocycles. The predicted molar refractivity (Wildman–Crippen MR) is 76.2 cm³/mol. The number of phenols is 5. The van der Waals surface area contributed by atoms with E-state index < -0.39 is 34.2 Å². The molecule has 0 aliphatic heterocycles. The highest BCUT2D eigenvalue weighted by atomic mass is 16.3. The van der Waals surface area contributed by atoms with Crippen molar-refractivity contribution in [3.8, 4) is 39.9 Å². The zero-order chi connectivity index (χ0) is 16.0. The first-order chi connectivity index (χ1) is 10.4. The van der Waals surface area contributed by atoms with Crippen LogP contribution in [0.4, 0.5) is 0 Å². The number of aromatic hydroxyl groups is 5. The van der Waals surface area contributed by atoms with E-state index in [0.717, 1.165) is 30.5 Å². The van der Waals surface area contributed by atoms with E-state index >= 15 is 0 Å². The molecule has 1 heterocycles. The smallest absolute Gasteiger partial charge is 0.200 e. The average Bonchev–Trinajstić information content (AvgIpc) is 2.47. The number of fused-ring (bicyclic) bond motifs is 1. The maximum absolute atomic E-state index is 12.4. The molecule has 0 amide bonds. The van der Waals surface area contributed by atoms with Crippen molar-refractivity contribution in [1.29, 1.82) is 0 Å². The molecule has 0 atom stereocenters. The molecule has 0 fully saturated rings. The molecule has 0 unspecified atom stereocenters. The topological polar surface area (TPSA) is 131 Å². The van der Waals surface area contributed by atoms with Gasteiger partial charge in [0, 0.05) is 6.07 Å². The van der Waals surface area contributed by atoms with Gasteiger partial charge in [-0.15, -0.1) is 0 Å². The summed E-state index contributed by atoms with van der Waals surface area (Å²) in [5.74, 6) is -2.79. The van der Waals surface area contributed by atoms with Crippen LogP contribution >= 0.6 is 0 Å². The Labute approximate surface area is 122 Å². The first-order valence-corrected chi connectivity index (χ1v) is 6.11. The molecule has 0 saturated heterocycles.